The lowest BCUT2D eigenvalue weighted by Crippen LogP contribution is -2.13. The Balaban J connectivity index is 2.39. The Labute approximate surface area is 128 Å². The van der Waals surface area contributed by atoms with Crippen LogP contribution in [-0.2, 0) is 16.6 Å². The van der Waals surface area contributed by atoms with Crippen LogP contribution < -0.4 is 4.72 Å². The zero-order chi connectivity index (χ0) is 14.9. The van der Waals surface area contributed by atoms with Crippen LogP contribution in [-0.4, -0.2) is 13.5 Å². The van der Waals surface area contributed by atoms with E-state index in [1.54, 1.807) is 5.38 Å². The summed E-state index contributed by atoms with van der Waals surface area (Å²) in [6.07, 6.45) is 0. The predicted octanol–water partition coefficient (Wildman–Crippen LogP) is 3.49. The first-order valence-electron chi connectivity index (χ1n) is 5.19. The maximum Gasteiger partial charge on any atom is 0.263 e. The second-order valence-corrected chi connectivity index (χ2v) is 7.19. The number of hydrogen-bond donors (Lipinski definition) is 2. The zero-order valence-electron chi connectivity index (χ0n) is 9.73. The lowest BCUT2D eigenvalue weighted by atomic mass is 10.3. The summed E-state index contributed by atoms with van der Waals surface area (Å²) in [7, 11) is -3.90. The van der Waals surface area contributed by atoms with E-state index in [9.17, 15) is 12.8 Å². The Morgan fingerprint density at radius 2 is 1.90 bits per heavy atom. The van der Waals surface area contributed by atoms with Crippen LogP contribution in [0.3, 0.4) is 0 Å². The molecule has 1 aromatic carbocycles. The number of nitrogens with one attached hydrogen (secondary N) is 1. The summed E-state index contributed by atoms with van der Waals surface area (Å²) in [5, 5.41) is 10.1. The molecule has 0 bridgehead atoms. The minimum atomic E-state index is -3.90. The van der Waals surface area contributed by atoms with E-state index in [1.807, 2.05) is 0 Å². The summed E-state index contributed by atoms with van der Waals surface area (Å²) in [6.45, 7) is -0.390. The highest BCUT2D eigenvalue weighted by Crippen LogP contribution is 2.30. The molecule has 0 spiro atoms. The third-order valence-corrected chi connectivity index (χ3v) is 5.42. The number of anilines is 1. The van der Waals surface area contributed by atoms with Gasteiger partial charge >= 0.3 is 0 Å². The molecule has 0 aliphatic carbocycles. The zero-order valence-corrected chi connectivity index (χ0v) is 12.9. The molecule has 108 valence electrons. The van der Waals surface area contributed by atoms with Crippen LogP contribution in [0.15, 0.2) is 28.5 Å². The molecule has 0 aliphatic rings. The largest absolute Gasteiger partial charge is 0.391 e. The van der Waals surface area contributed by atoms with Crippen molar-refractivity contribution in [3.63, 3.8) is 0 Å². The van der Waals surface area contributed by atoms with Gasteiger partial charge < -0.3 is 5.11 Å². The van der Waals surface area contributed by atoms with Gasteiger partial charge in [-0.25, -0.2) is 12.8 Å². The van der Waals surface area contributed by atoms with Crippen LogP contribution in [0, 0.1) is 5.82 Å². The Hall–Kier alpha value is -0.860. The monoisotopic (exact) mass is 355 g/mol. The molecule has 20 heavy (non-hydrogen) atoms. The molecule has 2 N–H and O–H groups in total. The SMILES string of the molecule is O=S(=O)(Nc1cc(Cl)c(F)c(Cl)c1)c1ccsc1CO. The smallest absolute Gasteiger partial charge is 0.263 e. The lowest BCUT2D eigenvalue weighted by molar-refractivity contribution is 0.282. The van der Waals surface area contributed by atoms with Gasteiger partial charge in [0.1, 0.15) is 4.90 Å². The first-order chi connectivity index (χ1) is 9.35. The van der Waals surface area contributed by atoms with Crippen molar-refractivity contribution in [2.24, 2.45) is 0 Å². The highest BCUT2D eigenvalue weighted by Gasteiger charge is 2.20. The van der Waals surface area contributed by atoms with Gasteiger partial charge in [0.25, 0.3) is 10.0 Å². The van der Waals surface area contributed by atoms with Gasteiger partial charge in [-0.2, -0.15) is 0 Å². The van der Waals surface area contributed by atoms with Crippen molar-refractivity contribution in [3.8, 4) is 0 Å². The van der Waals surface area contributed by atoms with Crippen LogP contribution >= 0.6 is 34.5 Å². The maximum absolute atomic E-state index is 13.3. The number of halogens is 3. The third-order valence-electron chi connectivity index (χ3n) is 2.37. The van der Waals surface area contributed by atoms with E-state index in [0.29, 0.717) is 4.88 Å². The Kier molecular flexibility index (Phi) is 4.55. The first-order valence-corrected chi connectivity index (χ1v) is 8.31. The standard InChI is InChI=1S/C11H8Cl2FNO3S2/c12-7-3-6(4-8(13)11(7)14)15-20(17,18)10-1-2-19-9(10)5-16/h1-4,15-16H,5H2. The predicted molar refractivity (Wildman–Crippen MR) is 77.5 cm³/mol. The summed E-state index contributed by atoms with van der Waals surface area (Å²) >= 11 is 12.3. The van der Waals surface area contributed by atoms with E-state index < -0.39 is 22.4 Å². The molecule has 2 aromatic rings. The van der Waals surface area contributed by atoms with Gasteiger partial charge in [0.2, 0.25) is 0 Å². The van der Waals surface area contributed by atoms with Crippen LogP contribution in [0.2, 0.25) is 10.0 Å². The average Bonchev–Trinajstić information content (AvgIpc) is 2.84. The van der Waals surface area contributed by atoms with Crippen molar-refractivity contribution in [3.05, 3.63) is 44.3 Å². The van der Waals surface area contributed by atoms with E-state index >= 15 is 0 Å². The fraction of sp³-hybridized carbons (Fsp3) is 0.0909. The van der Waals surface area contributed by atoms with Crippen LogP contribution in [0.5, 0.6) is 0 Å². The van der Waals surface area contributed by atoms with Crippen molar-refractivity contribution in [2.45, 2.75) is 11.5 Å². The number of aliphatic hydroxyl groups excluding tert-OH is 1. The molecule has 1 aromatic heterocycles. The lowest BCUT2D eigenvalue weighted by Gasteiger charge is -2.09. The van der Waals surface area contributed by atoms with E-state index in [0.717, 1.165) is 23.5 Å². The minimum absolute atomic E-state index is 0.0384. The summed E-state index contributed by atoms with van der Waals surface area (Å²) in [6, 6.07) is 3.60. The number of rotatable bonds is 4. The molecule has 0 radical (unpaired) electrons. The van der Waals surface area contributed by atoms with Crippen LogP contribution in [0.1, 0.15) is 4.88 Å². The number of hydrogen-bond acceptors (Lipinski definition) is 4. The van der Waals surface area contributed by atoms with Crippen LogP contribution in [0.4, 0.5) is 10.1 Å². The second kappa shape index (κ2) is 5.87. The quantitative estimate of drug-likeness (QED) is 0.825. The summed E-state index contributed by atoms with van der Waals surface area (Å²) in [5.74, 6) is -0.817. The Morgan fingerprint density at radius 3 is 2.45 bits per heavy atom. The van der Waals surface area contributed by atoms with Crippen LogP contribution in [0.25, 0.3) is 0 Å². The normalized spacial score (nSPS) is 11.6. The minimum Gasteiger partial charge on any atom is -0.391 e. The average molecular weight is 356 g/mol. The number of sulfonamides is 1. The molecule has 9 heteroatoms. The highest BCUT2D eigenvalue weighted by molar-refractivity contribution is 7.93. The third kappa shape index (κ3) is 3.07. The first kappa shape index (κ1) is 15.5. The fourth-order valence-electron chi connectivity index (χ4n) is 1.51. The van der Waals surface area contributed by atoms with E-state index in [2.05, 4.69) is 4.72 Å². The molecule has 0 fully saturated rings. The van der Waals surface area contributed by atoms with Crippen molar-refractivity contribution in [1.82, 2.24) is 0 Å². The van der Waals surface area contributed by atoms with Gasteiger partial charge in [-0.05, 0) is 23.6 Å². The molecular weight excluding hydrogens is 348 g/mol. The van der Waals surface area contributed by atoms with Gasteiger partial charge in [-0.1, -0.05) is 23.2 Å². The summed E-state index contributed by atoms with van der Waals surface area (Å²) in [5.41, 5.74) is 0.0384. The molecular formula is C11H8Cl2FNO3S2. The molecule has 0 amide bonds. The van der Waals surface area contributed by atoms with Crippen molar-refractivity contribution in [2.75, 3.05) is 4.72 Å². The fourth-order valence-corrected chi connectivity index (χ4v) is 4.33. The molecule has 1 heterocycles. The van der Waals surface area contributed by atoms with E-state index in [4.69, 9.17) is 28.3 Å². The molecule has 0 saturated heterocycles. The summed E-state index contributed by atoms with van der Waals surface area (Å²) < 4.78 is 39.8. The second-order valence-electron chi connectivity index (χ2n) is 3.73. The van der Waals surface area contributed by atoms with Gasteiger partial charge in [0.15, 0.2) is 5.82 Å². The Bertz CT molecular complexity index is 723. The maximum atomic E-state index is 13.3. The topological polar surface area (TPSA) is 66.4 Å². The van der Waals surface area contributed by atoms with E-state index in [1.165, 1.54) is 6.07 Å². The number of thiophene rings is 1. The van der Waals surface area contributed by atoms with Gasteiger partial charge in [0, 0.05) is 0 Å². The van der Waals surface area contributed by atoms with Crippen molar-refractivity contribution >= 4 is 50.2 Å². The number of benzene rings is 1. The molecule has 0 saturated carbocycles. The molecule has 0 atom stereocenters. The molecule has 2 rings (SSSR count). The highest BCUT2D eigenvalue weighted by atomic mass is 35.5. The Morgan fingerprint density at radius 1 is 1.30 bits per heavy atom. The van der Waals surface area contributed by atoms with Gasteiger partial charge in [-0.3, -0.25) is 4.72 Å². The van der Waals surface area contributed by atoms with Gasteiger partial charge in [-0.15, -0.1) is 11.3 Å². The number of aliphatic hydroxyl groups is 1. The molecule has 0 unspecified atom stereocenters. The van der Waals surface area contributed by atoms with Gasteiger partial charge in [0.05, 0.1) is 27.2 Å². The van der Waals surface area contributed by atoms with Crippen molar-refractivity contribution < 1.29 is 17.9 Å². The summed E-state index contributed by atoms with van der Waals surface area (Å²) in [4.78, 5) is 0.262. The van der Waals surface area contributed by atoms with Crippen molar-refractivity contribution in [1.29, 1.82) is 0 Å². The molecule has 4 nitrogen and oxygen atoms in total. The molecule has 0 aliphatic heterocycles. The van der Waals surface area contributed by atoms with E-state index in [-0.39, 0.29) is 20.6 Å².